The summed E-state index contributed by atoms with van der Waals surface area (Å²) in [6.45, 7) is 4.39. The number of halogens is 2. The van der Waals surface area contributed by atoms with Crippen molar-refractivity contribution in [3.8, 4) is 11.4 Å². The number of imide groups is 1. The van der Waals surface area contributed by atoms with E-state index in [0.29, 0.717) is 10.5 Å². The van der Waals surface area contributed by atoms with E-state index in [1.165, 1.54) is 12.1 Å². The Labute approximate surface area is 210 Å². The third-order valence-corrected chi connectivity index (χ3v) is 6.42. The number of aromatic nitrogens is 4. The summed E-state index contributed by atoms with van der Waals surface area (Å²) < 4.78 is 27.1. The van der Waals surface area contributed by atoms with Gasteiger partial charge in [-0.15, -0.1) is 10.2 Å². The summed E-state index contributed by atoms with van der Waals surface area (Å²) in [5, 5.41) is 20.0. The Balaban J connectivity index is 1.46. The van der Waals surface area contributed by atoms with Gasteiger partial charge >= 0.3 is 0 Å². The van der Waals surface area contributed by atoms with Crippen molar-refractivity contribution in [2.75, 3.05) is 29.9 Å². The molecule has 3 N–H and O–H groups in total. The smallest absolute Gasteiger partial charge is 0.262 e. The van der Waals surface area contributed by atoms with Crippen LogP contribution in [-0.4, -0.2) is 81.4 Å². The van der Waals surface area contributed by atoms with Gasteiger partial charge in [0, 0.05) is 43.3 Å². The third-order valence-electron chi connectivity index (χ3n) is 6.42. The van der Waals surface area contributed by atoms with Crippen LogP contribution in [0.4, 0.5) is 20.2 Å². The minimum Gasteiger partial charge on any atom is -0.369 e. The number of aromatic amines is 1. The van der Waals surface area contributed by atoms with E-state index < -0.39 is 36.6 Å². The quantitative estimate of drug-likeness (QED) is 0.410. The number of anilines is 2. The van der Waals surface area contributed by atoms with Gasteiger partial charge in [-0.2, -0.15) is 5.21 Å². The molecule has 0 aliphatic carbocycles. The number of nitrogens with one attached hydrogen (secondary N) is 3. The highest BCUT2D eigenvalue weighted by Crippen LogP contribution is 2.32. The number of alkyl halides is 2. The van der Waals surface area contributed by atoms with E-state index in [0.717, 1.165) is 25.3 Å². The van der Waals surface area contributed by atoms with Crippen LogP contribution in [0.3, 0.4) is 0 Å². The van der Waals surface area contributed by atoms with Crippen LogP contribution in [0.25, 0.3) is 11.4 Å². The Kier molecular flexibility index (Phi) is 6.61. The zero-order valence-corrected chi connectivity index (χ0v) is 19.8. The average Bonchev–Trinajstić information content (AvgIpc) is 3.50. The van der Waals surface area contributed by atoms with Crippen molar-refractivity contribution in [3.63, 3.8) is 0 Å². The maximum atomic E-state index is 13.5. The molecule has 0 bridgehead atoms. The second kappa shape index (κ2) is 10.0. The first-order chi connectivity index (χ1) is 17.8. The summed E-state index contributed by atoms with van der Waals surface area (Å²) >= 11 is 0. The van der Waals surface area contributed by atoms with Crippen LogP contribution in [0, 0.1) is 0 Å². The summed E-state index contributed by atoms with van der Waals surface area (Å²) in [4.78, 5) is 42.0. The van der Waals surface area contributed by atoms with E-state index in [-0.39, 0.29) is 28.7 Å². The number of rotatable bonds is 7. The van der Waals surface area contributed by atoms with E-state index in [1.54, 1.807) is 30.3 Å². The van der Waals surface area contributed by atoms with Gasteiger partial charge in [-0.25, -0.2) is 8.78 Å². The van der Waals surface area contributed by atoms with E-state index in [1.807, 2.05) is 0 Å². The Morgan fingerprint density at radius 1 is 1.14 bits per heavy atom. The van der Waals surface area contributed by atoms with Crippen molar-refractivity contribution in [3.05, 3.63) is 53.6 Å². The molecule has 1 fully saturated rings. The normalized spacial score (nSPS) is 18.3. The first-order valence-electron chi connectivity index (χ1n) is 11.8. The standard InChI is InChI=1S/C24H24F2N8O3/c1-13-12-33(9-8-27-13)14-6-7-18(17(10-14)21-29-31-32-30-21)28-22(35)19(11-20(25)26)34-23(36)15-4-2-3-5-16(15)24(34)37/h2-7,10,13,19-20,27H,8-9,11-12H2,1H3,(H,28,35)(H,29,30,31,32)/t13-,19-/m0/s1. The second-order valence-corrected chi connectivity index (χ2v) is 8.92. The van der Waals surface area contributed by atoms with E-state index in [2.05, 4.69) is 43.1 Å². The first kappa shape index (κ1) is 24.4. The molecule has 2 aliphatic rings. The molecule has 37 heavy (non-hydrogen) atoms. The lowest BCUT2D eigenvalue weighted by Crippen LogP contribution is -2.49. The highest BCUT2D eigenvalue weighted by Gasteiger charge is 2.43. The number of hydrogen-bond donors (Lipinski definition) is 3. The van der Waals surface area contributed by atoms with Gasteiger partial charge in [-0.05, 0) is 42.5 Å². The zero-order chi connectivity index (χ0) is 26.1. The molecule has 0 unspecified atom stereocenters. The van der Waals surface area contributed by atoms with Crippen molar-refractivity contribution >= 4 is 29.1 Å². The maximum absolute atomic E-state index is 13.5. The maximum Gasteiger partial charge on any atom is 0.262 e. The van der Waals surface area contributed by atoms with E-state index in [4.69, 9.17) is 0 Å². The number of fused-ring (bicyclic) bond motifs is 1. The summed E-state index contributed by atoms with van der Waals surface area (Å²) in [7, 11) is 0. The molecule has 2 aromatic carbocycles. The van der Waals surface area contributed by atoms with Crippen molar-refractivity contribution in [1.29, 1.82) is 0 Å². The lowest BCUT2D eigenvalue weighted by Gasteiger charge is -2.34. The molecule has 2 aliphatic heterocycles. The monoisotopic (exact) mass is 510 g/mol. The number of piperazine rings is 1. The topological polar surface area (TPSA) is 136 Å². The van der Waals surface area contributed by atoms with Gasteiger partial charge in [-0.3, -0.25) is 19.3 Å². The molecule has 0 radical (unpaired) electrons. The Morgan fingerprint density at radius 3 is 2.49 bits per heavy atom. The lowest BCUT2D eigenvalue weighted by atomic mass is 10.1. The second-order valence-electron chi connectivity index (χ2n) is 8.92. The van der Waals surface area contributed by atoms with Crippen LogP contribution < -0.4 is 15.5 Å². The fourth-order valence-electron chi connectivity index (χ4n) is 4.67. The van der Waals surface area contributed by atoms with Gasteiger partial charge < -0.3 is 15.5 Å². The predicted molar refractivity (Wildman–Crippen MR) is 129 cm³/mol. The van der Waals surface area contributed by atoms with Crippen molar-refractivity contribution in [1.82, 2.24) is 30.8 Å². The summed E-state index contributed by atoms with van der Waals surface area (Å²) in [5.74, 6) is -2.32. The van der Waals surface area contributed by atoms with Crippen LogP contribution in [-0.2, 0) is 4.79 Å². The van der Waals surface area contributed by atoms with Crippen LogP contribution in [0.5, 0.6) is 0 Å². The SMILES string of the molecule is C[C@H]1CN(c2ccc(NC(=O)[C@H](CC(F)F)N3C(=O)c4ccccc4C3=O)c(-c3nn[nH]n3)c2)CCN1. The third kappa shape index (κ3) is 4.77. The molecule has 11 nitrogen and oxygen atoms in total. The van der Waals surface area contributed by atoms with Gasteiger partial charge in [0.25, 0.3) is 11.8 Å². The zero-order valence-electron chi connectivity index (χ0n) is 19.8. The van der Waals surface area contributed by atoms with Gasteiger partial charge in [0.05, 0.1) is 16.8 Å². The minimum absolute atomic E-state index is 0.0710. The molecule has 13 heteroatoms. The van der Waals surface area contributed by atoms with Crippen LogP contribution in [0.1, 0.15) is 34.1 Å². The molecule has 5 rings (SSSR count). The van der Waals surface area contributed by atoms with Gasteiger partial charge in [-0.1, -0.05) is 12.1 Å². The summed E-state index contributed by atoms with van der Waals surface area (Å²) in [6.07, 6.45) is -3.94. The summed E-state index contributed by atoms with van der Waals surface area (Å²) in [5.41, 5.74) is 1.64. The first-order valence-corrected chi connectivity index (χ1v) is 11.8. The van der Waals surface area contributed by atoms with E-state index in [9.17, 15) is 23.2 Å². The molecule has 3 aromatic rings. The average molecular weight is 511 g/mol. The molecule has 3 heterocycles. The van der Waals surface area contributed by atoms with Crippen LogP contribution >= 0.6 is 0 Å². The highest BCUT2D eigenvalue weighted by atomic mass is 19.3. The van der Waals surface area contributed by atoms with Crippen LogP contribution in [0.15, 0.2) is 42.5 Å². The molecule has 2 atom stereocenters. The largest absolute Gasteiger partial charge is 0.369 e. The molecule has 1 saturated heterocycles. The van der Waals surface area contributed by atoms with Gasteiger partial charge in [0.15, 0.2) is 0 Å². The number of benzene rings is 2. The summed E-state index contributed by atoms with van der Waals surface area (Å²) in [6, 6.07) is 9.72. The molecule has 1 aromatic heterocycles. The fourth-order valence-corrected chi connectivity index (χ4v) is 4.67. The molecule has 0 saturated carbocycles. The predicted octanol–water partition coefficient (Wildman–Crippen LogP) is 1.92. The molecular formula is C24H24F2N8O3. The molecular weight excluding hydrogens is 486 g/mol. The lowest BCUT2D eigenvalue weighted by molar-refractivity contribution is -0.121. The minimum atomic E-state index is -2.94. The number of amides is 3. The van der Waals surface area contributed by atoms with Crippen molar-refractivity contribution in [2.24, 2.45) is 0 Å². The number of carbonyl (C=O) groups excluding carboxylic acids is 3. The highest BCUT2D eigenvalue weighted by molar-refractivity contribution is 6.23. The van der Waals surface area contributed by atoms with Crippen molar-refractivity contribution < 1.29 is 23.2 Å². The Hall–Kier alpha value is -4.26. The van der Waals surface area contributed by atoms with Gasteiger partial charge in [0.1, 0.15) is 6.04 Å². The van der Waals surface area contributed by atoms with Gasteiger partial charge in [0.2, 0.25) is 18.2 Å². The van der Waals surface area contributed by atoms with E-state index >= 15 is 0 Å². The molecule has 3 amide bonds. The molecule has 192 valence electrons. The van der Waals surface area contributed by atoms with Crippen LogP contribution in [0.2, 0.25) is 0 Å². The number of tetrazole rings is 1. The number of carbonyl (C=O) groups is 3. The molecule has 0 spiro atoms. The number of nitrogens with zero attached hydrogens (tertiary/aromatic N) is 5. The Morgan fingerprint density at radius 2 is 1.86 bits per heavy atom. The number of hydrogen-bond acceptors (Lipinski definition) is 8. The number of H-pyrrole nitrogens is 1. The van der Waals surface area contributed by atoms with Crippen molar-refractivity contribution in [2.45, 2.75) is 31.9 Å². The Bertz CT molecular complexity index is 1300. The fraction of sp³-hybridized carbons (Fsp3) is 0.333.